The normalized spacial score (nSPS) is 13.2. The quantitative estimate of drug-likeness (QED) is 0.179. The predicted molar refractivity (Wildman–Crippen MR) is 144 cm³/mol. The summed E-state index contributed by atoms with van der Waals surface area (Å²) in [5.74, 6) is -2.51. The molecule has 206 valence electrons. The number of rotatable bonds is 16. The molecule has 2 rings (SSSR count). The number of carbonyl (C=O) groups excluding carboxylic acids is 3. The molecule has 0 spiro atoms. The van der Waals surface area contributed by atoms with Crippen molar-refractivity contribution in [3.8, 4) is 0 Å². The van der Waals surface area contributed by atoms with Crippen molar-refractivity contribution < 1.29 is 28.7 Å². The largest absolute Gasteiger partial charge is 0.480 e. The van der Waals surface area contributed by atoms with Gasteiger partial charge in [-0.05, 0) is 35.4 Å². The minimum Gasteiger partial charge on any atom is -0.480 e. The average molecular weight is 569 g/mol. The Kier molecular flexibility index (Phi) is 13.0. The van der Waals surface area contributed by atoms with Crippen LogP contribution < -0.4 is 21.3 Å². The number of nitrogens with zero attached hydrogens (tertiary/aromatic N) is 1. The van der Waals surface area contributed by atoms with Crippen molar-refractivity contribution in [1.29, 1.82) is 0 Å². The minimum atomic E-state index is -1.34. The standard InChI is InChI=1S/C26H31Cl2FN4O5/c27-9-11-33(12-10-28)20-3-1-2-18(14-20)16-22(31-24(35)21(30)8-13-34)25(36)32-23(26(37)38)15-17-4-6-19(29)7-5-17/h1-7,13-14,21-23H,8-12,15-16,30H2,(H,31,35)(H,32,36)(H,37,38)/t21-,22-,23-/m0/s1. The summed E-state index contributed by atoms with van der Waals surface area (Å²) in [7, 11) is 0. The number of anilines is 1. The summed E-state index contributed by atoms with van der Waals surface area (Å²) in [5.41, 5.74) is 7.72. The highest BCUT2D eigenvalue weighted by atomic mass is 35.5. The summed E-state index contributed by atoms with van der Waals surface area (Å²) in [6.45, 7) is 1.09. The Hall–Kier alpha value is -3.21. The molecule has 38 heavy (non-hydrogen) atoms. The third kappa shape index (κ3) is 9.92. The maximum absolute atomic E-state index is 13.2. The van der Waals surface area contributed by atoms with Crippen LogP contribution in [0.5, 0.6) is 0 Å². The maximum Gasteiger partial charge on any atom is 0.326 e. The molecule has 2 aromatic carbocycles. The molecule has 0 saturated carbocycles. The number of carboxylic acids is 1. The highest BCUT2D eigenvalue weighted by Crippen LogP contribution is 2.18. The molecular formula is C26H31Cl2FN4O5. The molecule has 0 fully saturated rings. The number of halogens is 3. The second kappa shape index (κ2) is 15.9. The molecule has 0 aromatic heterocycles. The van der Waals surface area contributed by atoms with Crippen LogP contribution in [0, 0.1) is 5.82 Å². The van der Waals surface area contributed by atoms with E-state index in [2.05, 4.69) is 10.6 Å². The van der Waals surface area contributed by atoms with Crippen molar-refractivity contribution in [2.24, 2.45) is 5.73 Å². The number of hydrogen-bond acceptors (Lipinski definition) is 6. The molecule has 0 unspecified atom stereocenters. The van der Waals surface area contributed by atoms with Gasteiger partial charge in [-0.15, -0.1) is 23.2 Å². The van der Waals surface area contributed by atoms with Gasteiger partial charge in [-0.2, -0.15) is 0 Å². The zero-order valence-corrected chi connectivity index (χ0v) is 22.1. The Morgan fingerprint density at radius 2 is 1.55 bits per heavy atom. The fraction of sp³-hybridized carbons (Fsp3) is 0.385. The molecule has 0 aliphatic carbocycles. The van der Waals surface area contributed by atoms with Crippen molar-refractivity contribution in [3.05, 3.63) is 65.5 Å². The number of benzene rings is 2. The molecule has 3 atom stereocenters. The Bertz CT molecular complexity index is 1080. The van der Waals surface area contributed by atoms with Crippen LogP contribution in [0.2, 0.25) is 0 Å². The Labute approximate surface area is 230 Å². The van der Waals surface area contributed by atoms with E-state index < -0.39 is 41.7 Å². The molecular weight excluding hydrogens is 538 g/mol. The van der Waals surface area contributed by atoms with Crippen molar-refractivity contribution in [1.82, 2.24) is 10.6 Å². The number of nitrogens with one attached hydrogen (secondary N) is 2. The molecule has 0 aliphatic heterocycles. The highest BCUT2D eigenvalue weighted by molar-refractivity contribution is 6.18. The lowest BCUT2D eigenvalue weighted by Gasteiger charge is -2.25. The SMILES string of the molecule is N[C@@H](CC=O)C(=O)N[C@@H](Cc1cccc(N(CCCl)CCCl)c1)C(=O)N[C@@H](Cc1ccc(F)cc1)C(=O)O. The summed E-state index contributed by atoms with van der Waals surface area (Å²) in [5, 5.41) is 14.7. The van der Waals surface area contributed by atoms with Gasteiger partial charge in [0.05, 0.1) is 6.04 Å². The number of nitrogens with two attached hydrogens (primary N) is 1. The van der Waals surface area contributed by atoms with Crippen LogP contribution in [0.4, 0.5) is 10.1 Å². The second-order valence-electron chi connectivity index (χ2n) is 8.54. The summed E-state index contributed by atoms with van der Waals surface area (Å²) in [6.07, 6.45) is 0.156. The van der Waals surface area contributed by atoms with Crippen LogP contribution in [-0.4, -0.2) is 72.2 Å². The van der Waals surface area contributed by atoms with E-state index in [0.29, 0.717) is 42.3 Å². The van der Waals surface area contributed by atoms with Gasteiger partial charge in [0.15, 0.2) is 0 Å². The molecule has 0 aliphatic rings. The summed E-state index contributed by atoms with van der Waals surface area (Å²) in [6, 6.07) is 8.75. The number of hydrogen-bond donors (Lipinski definition) is 4. The lowest BCUT2D eigenvalue weighted by molar-refractivity contribution is -0.142. The third-order valence-electron chi connectivity index (χ3n) is 5.71. The van der Waals surface area contributed by atoms with E-state index >= 15 is 0 Å². The van der Waals surface area contributed by atoms with E-state index in [9.17, 15) is 28.7 Å². The van der Waals surface area contributed by atoms with Crippen molar-refractivity contribution in [2.75, 3.05) is 29.7 Å². The van der Waals surface area contributed by atoms with Gasteiger partial charge in [0, 0.05) is 49.8 Å². The molecule has 0 bridgehead atoms. The first-order chi connectivity index (χ1) is 18.2. The molecule has 9 nitrogen and oxygen atoms in total. The molecule has 0 radical (unpaired) electrons. The molecule has 2 amide bonds. The Balaban J connectivity index is 2.28. The first kappa shape index (κ1) is 31.0. The fourth-order valence-electron chi connectivity index (χ4n) is 3.72. The second-order valence-corrected chi connectivity index (χ2v) is 9.30. The van der Waals surface area contributed by atoms with E-state index in [1.807, 2.05) is 17.0 Å². The summed E-state index contributed by atoms with van der Waals surface area (Å²) in [4.78, 5) is 50.5. The number of carbonyl (C=O) groups is 4. The van der Waals surface area contributed by atoms with Crippen molar-refractivity contribution >= 4 is 53.0 Å². The van der Waals surface area contributed by atoms with Crippen LogP contribution in [0.3, 0.4) is 0 Å². The highest BCUT2D eigenvalue weighted by Gasteiger charge is 2.28. The van der Waals surface area contributed by atoms with Crippen LogP contribution in [-0.2, 0) is 32.0 Å². The van der Waals surface area contributed by atoms with E-state index in [4.69, 9.17) is 28.9 Å². The van der Waals surface area contributed by atoms with E-state index in [1.165, 1.54) is 24.3 Å². The molecule has 0 saturated heterocycles. The number of alkyl halides is 2. The van der Waals surface area contributed by atoms with E-state index in [1.54, 1.807) is 12.1 Å². The van der Waals surface area contributed by atoms with Gasteiger partial charge in [0.2, 0.25) is 11.8 Å². The minimum absolute atomic E-state index is 0.0116. The van der Waals surface area contributed by atoms with Crippen molar-refractivity contribution in [3.63, 3.8) is 0 Å². The first-order valence-electron chi connectivity index (χ1n) is 11.9. The lowest BCUT2D eigenvalue weighted by atomic mass is 10.0. The average Bonchev–Trinajstić information content (AvgIpc) is 2.89. The van der Waals surface area contributed by atoms with Crippen LogP contribution in [0.1, 0.15) is 17.5 Å². The molecule has 0 heterocycles. The van der Waals surface area contributed by atoms with Crippen LogP contribution in [0.15, 0.2) is 48.5 Å². The molecule has 12 heteroatoms. The zero-order chi connectivity index (χ0) is 28.1. The Morgan fingerprint density at radius 1 is 0.947 bits per heavy atom. The van der Waals surface area contributed by atoms with Gasteiger partial charge >= 0.3 is 5.97 Å². The van der Waals surface area contributed by atoms with Gasteiger partial charge in [0.25, 0.3) is 0 Å². The van der Waals surface area contributed by atoms with Gasteiger partial charge in [0.1, 0.15) is 24.2 Å². The topological polar surface area (TPSA) is 142 Å². The van der Waals surface area contributed by atoms with Gasteiger partial charge in [-0.1, -0.05) is 24.3 Å². The number of aliphatic carboxylic acids is 1. The zero-order valence-electron chi connectivity index (χ0n) is 20.6. The maximum atomic E-state index is 13.2. The van der Waals surface area contributed by atoms with Gasteiger partial charge in [-0.3, -0.25) is 9.59 Å². The lowest BCUT2D eigenvalue weighted by Crippen LogP contribution is -2.55. The van der Waals surface area contributed by atoms with Gasteiger partial charge < -0.3 is 31.2 Å². The number of aldehydes is 1. The summed E-state index contributed by atoms with van der Waals surface area (Å²) >= 11 is 11.8. The van der Waals surface area contributed by atoms with E-state index in [0.717, 1.165) is 5.69 Å². The molecule has 5 N–H and O–H groups in total. The third-order valence-corrected chi connectivity index (χ3v) is 6.05. The molecule has 2 aromatic rings. The number of carboxylic acid groups (broad SMARTS) is 1. The van der Waals surface area contributed by atoms with Crippen LogP contribution >= 0.6 is 23.2 Å². The van der Waals surface area contributed by atoms with E-state index in [-0.39, 0.29) is 19.3 Å². The smallest absolute Gasteiger partial charge is 0.326 e. The fourth-order valence-corrected chi connectivity index (χ4v) is 4.13. The first-order valence-corrected chi connectivity index (χ1v) is 13.0. The van der Waals surface area contributed by atoms with Crippen LogP contribution in [0.25, 0.3) is 0 Å². The predicted octanol–water partition coefficient (Wildman–Crippen LogP) is 1.87. The summed E-state index contributed by atoms with van der Waals surface area (Å²) < 4.78 is 13.2. The van der Waals surface area contributed by atoms with Crippen molar-refractivity contribution in [2.45, 2.75) is 37.4 Å². The number of amides is 2. The van der Waals surface area contributed by atoms with Gasteiger partial charge in [-0.25, -0.2) is 9.18 Å². The Morgan fingerprint density at radius 3 is 2.13 bits per heavy atom. The monoisotopic (exact) mass is 568 g/mol.